The van der Waals surface area contributed by atoms with Crippen LogP contribution in [0, 0.1) is 0 Å². The van der Waals surface area contributed by atoms with E-state index in [1.165, 1.54) is 23.7 Å². The Hall–Kier alpha value is -1.03. The van der Waals surface area contributed by atoms with Crippen LogP contribution in [0.3, 0.4) is 0 Å². The number of nitrogens with zero attached hydrogens (tertiary/aromatic N) is 2. The first-order chi connectivity index (χ1) is 7.24. The van der Waals surface area contributed by atoms with Crippen molar-refractivity contribution in [3.63, 3.8) is 0 Å². The van der Waals surface area contributed by atoms with Crippen LogP contribution < -0.4 is 5.32 Å². The Morgan fingerprint density at radius 1 is 1.47 bits per heavy atom. The summed E-state index contributed by atoms with van der Waals surface area (Å²) in [5.41, 5.74) is 1.17. The maximum Gasteiger partial charge on any atom is 0.156 e. The number of rotatable bonds is 2. The summed E-state index contributed by atoms with van der Waals surface area (Å²) in [4.78, 5) is 0. The first-order valence-electron chi connectivity index (χ1n) is 5.13. The molecule has 0 spiro atoms. The van der Waals surface area contributed by atoms with E-state index in [9.17, 15) is 0 Å². The summed E-state index contributed by atoms with van der Waals surface area (Å²) in [6.45, 7) is 0. The summed E-state index contributed by atoms with van der Waals surface area (Å²) in [5.74, 6) is 1.01. The number of fused-ring (bicyclic) bond motifs is 1. The maximum absolute atomic E-state index is 4.50. The number of hydrogen-bond acceptors (Lipinski definition) is 2. The van der Waals surface area contributed by atoms with Gasteiger partial charge in [-0.1, -0.05) is 15.9 Å². The molecule has 2 aromatic rings. The van der Waals surface area contributed by atoms with Crippen molar-refractivity contribution < 1.29 is 0 Å². The lowest BCUT2D eigenvalue weighted by molar-refractivity contribution is 0.796. The third-order valence-corrected chi connectivity index (χ3v) is 3.22. The van der Waals surface area contributed by atoms with Crippen LogP contribution in [0.2, 0.25) is 0 Å². The molecule has 1 aliphatic carbocycles. The van der Waals surface area contributed by atoms with Gasteiger partial charge in [-0.3, -0.25) is 4.68 Å². The predicted octanol–water partition coefficient (Wildman–Crippen LogP) is 2.91. The molecule has 1 aliphatic rings. The van der Waals surface area contributed by atoms with E-state index in [1.54, 1.807) is 0 Å². The first-order valence-corrected chi connectivity index (χ1v) is 5.92. The van der Waals surface area contributed by atoms with E-state index in [-0.39, 0.29) is 0 Å². The minimum atomic E-state index is 0.641. The Balaban J connectivity index is 2.14. The van der Waals surface area contributed by atoms with Gasteiger partial charge in [0.2, 0.25) is 0 Å². The van der Waals surface area contributed by atoms with Gasteiger partial charge in [-0.25, -0.2) is 0 Å². The van der Waals surface area contributed by atoms with E-state index in [4.69, 9.17) is 0 Å². The van der Waals surface area contributed by atoms with Gasteiger partial charge in [-0.15, -0.1) is 0 Å². The summed E-state index contributed by atoms with van der Waals surface area (Å²) >= 11 is 3.49. The number of aryl methyl sites for hydroxylation is 1. The zero-order valence-electron chi connectivity index (χ0n) is 8.50. The van der Waals surface area contributed by atoms with Crippen LogP contribution in [0.15, 0.2) is 22.7 Å². The highest BCUT2D eigenvalue weighted by molar-refractivity contribution is 9.10. The number of nitrogens with one attached hydrogen (secondary N) is 1. The molecule has 1 aromatic heterocycles. The summed E-state index contributed by atoms with van der Waals surface area (Å²) < 4.78 is 3.02. The summed E-state index contributed by atoms with van der Waals surface area (Å²) in [6, 6.07) is 6.89. The lowest BCUT2D eigenvalue weighted by Crippen LogP contribution is -2.02. The minimum absolute atomic E-state index is 0.641. The molecule has 0 bridgehead atoms. The Labute approximate surface area is 96.6 Å². The summed E-state index contributed by atoms with van der Waals surface area (Å²) in [7, 11) is 1.98. The van der Waals surface area contributed by atoms with Crippen LogP contribution in [0.25, 0.3) is 10.9 Å². The molecular formula is C11H12BrN3. The van der Waals surface area contributed by atoms with Gasteiger partial charge in [0.1, 0.15) is 0 Å². The lowest BCUT2D eigenvalue weighted by atomic mass is 10.2. The van der Waals surface area contributed by atoms with Crippen molar-refractivity contribution in [1.82, 2.24) is 9.78 Å². The lowest BCUT2D eigenvalue weighted by Gasteiger charge is -1.99. The van der Waals surface area contributed by atoms with Crippen molar-refractivity contribution in [1.29, 1.82) is 0 Å². The summed E-state index contributed by atoms with van der Waals surface area (Å²) in [5, 5.41) is 9.14. The van der Waals surface area contributed by atoms with Crippen molar-refractivity contribution in [3.8, 4) is 0 Å². The number of halogens is 1. The molecule has 0 saturated heterocycles. The largest absolute Gasteiger partial charge is 0.365 e. The van der Waals surface area contributed by atoms with Crippen molar-refractivity contribution in [2.75, 3.05) is 5.32 Å². The Kier molecular flexibility index (Phi) is 1.99. The molecule has 0 unspecified atom stereocenters. The number of hydrogen-bond donors (Lipinski definition) is 1. The zero-order chi connectivity index (χ0) is 10.4. The average molecular weight is 266 g/mol. The number of anilines is 1. The molecule has 1 N–H and O–H groups in total. The van der Waals surface area contributed by atoms with Crippen molar-refractivity contribution in [2.45, 2.75) is 18.9 Å². The fraction of sp³-hybridized carbons (Fsp3) is 0.364. The topological polar surface area (TPSA) is 29.9 Å². The quantitative estimate of drug-likeness (QED) is 0.905. The monoisotopic (exact) mass is 265 g/mol. The SMILES string of the molecule is Cn1nc(NC2CC2)c2cc(Br)ccc21. The van der Waals surface area contributed by atoms with E-state index in [2.05, 4.69) is 38.5 Å². The Morgan fingerprint density at radius 2 is 2.27 bits per heavy atom. The van der Waals surface area contributed by atoms with Gasteiger partial charge in [0.05, 0.1) is 5.52 Å². The molecule has 3 nitrogen and oxygen atoms in total. The predicted molar refractivity (Wildman–Crippen MR) is 65.1 cm³/mol. The molecular weight excluding hydrogens is 254 g/mol. The van der Waals surface area contributed by atoms with Crippen molar-refractivity contribution in [2.24, 2.45) is 7.05 Å². The molecule has 3 rings (SSSR count). The zero-order valence-corrected chi connectivity index (χ0v) is 10.1. The fourth-order valence-electron chi connectivity index (χ4n) is 1.77. The van der Waals surface area contributed by atoms with E-state index in [0.717, 1.165) is 10.3 Å². The highest BCUT2D eigenvalue weighted by atomic mass is 79.9. The number of aromatic nitrogens is 2. The highest BCUT2D eigenvalue weighted by Gasteiger charge is 2.23. The van der Waals surface area contributed by atoms with Crippen LogP contribution in [0.4, 0.5) is 5.82 Å². The van der Waals surface area contributed by atoms with Crippen LogP contribution in [0.5, 0.6) is 0 Å². The third kappa shape index (κ3) is 1.63. The van der Waals surface area contributed by atoms with E-state index in [0.29, 0.717) is 6.04 Å². The Morgan fingerprint density at radius 3 is 3.00 bits per heavy atom. The second-order valence-electron chi connectivity index (χ2n) is 4.05. The molecule has 1 aromatic carbocycles. The van der Waals surface area contributed by atoms with Gasteiger partial charge >= 0.3 is 0 Å². The maximum atomic E-state index is 4.50. The van der Waals surface area contributed by atoms with E-state index >= 15 is 0 Å². The van der Waals surface area contributed by atoms with Gasteiger partial charge in [0.25, 0.3) is 0 Å². The first kappa shape index (κ1) is 9.21. The smallest absolute Gasteiger partial charge is 0.156 e. The molecule has 1 saturated carbocycles. The third-order valence-electron chi connectivity index (χ3n) is 2.73. The molecule has 1 fully saturated rings. The van der Waals surface area contributed by atoms with Gasteiger partial charge in [0, 0.05) is 22.9 Å². The average Bonchev–Trinajstić information content (AvgIpc) is 2.95. The normalized spacial score (nSPS) is 15.9. The van der Waals surface area contributed by atoms with Gasteiger partial charge in [-0.05, 0) is 31.0 Å². The van der Waals surface area contributed by atoms with Crippen LogP contribution in [-0.2, 0) is 7.05 Å². The van der Waals surface area contributed by atoms with Crippen LogP contribution in [-0.4, -0.2) is 15.8 Å². The van der Waals surface area contributed by atoms with Gasteiger partial charge in [0.15, 0.2) is 5.82 Å². The fourth-order valence-corrected chi connectivity index (χ4v) is 2.13. The molecule has 78 valence electrons. The molecule has 0 amide bonds. The molecule has 4 heteroatoms. The molecule has 15 heavy (non-hydrogen) atoms. The Bertz CT molecular complexity index is 514. The van der Waals surface area contributed by atoms with Gasteiger partial charge < -0.3 is 5.32 Å². The van der Waals surface area contributed by atoms with Crippen molar-refractivity contribution >= 4 is 32.7 Å². The minimum Gasteiger partial charge on any atom is -0.365 e. The molecule has 0 aliphatic heterocycles. The standard InChI is InChI=1S/C11H12BrN3/c1-15-10-5-2-7(12)6-9(10)11(14-15)13-8-3-4-8/h2,5-6,8H,3-4H2,1H3,(H,13,14). The van der Waals surface area contributed by atoms with Crippen LogP contribution in [0.1, 0.15) is 12.8 Å². The summed E-state index contributed by atoms with van der Waals surface area (Å²) in [6.07, 6.45) is 2.54. The van der Waals surface area contributed by atoms with Gasteiger partial charge in [-0.2, -0.15) is 5.10 Å². The second-order valence-corrected chi connectivity index (χ2v) is 4.97. The van der Waals surface area contributed by atoms with E-state index < -0.39 is 0 Å². The van der Waals surface area contributed by atoms with Crippen molar-refractivity contribution in [3.05, 3.63) is 22.7 Å². The van der Waals surface area contributed by atoms with Crippen LogP contribution >= 0.6 is 15.9 Å². The second kappa shape index (κ2) is 3.23. The molecule has 0 atom stereocenters. The van der Waals surface area contributed by atoms with E-state index in [1.807, 2.05) is 17.8 Å². The molecule has 1 heterocycles. The highest BCUT2D eigenvalue weighted by Crippen LogP contribution is 2.30. The molecule has 0 radical (unpaired) electrons. The number of benzene rings is 1.